The molecule has 4 heteroatoms. The average Bonchev–Trinajstić information content (AvgIpc) is 2.04. The van der Waals surface area contributed by atoms with Crippen molar-refractivity contribution in [2.75, 3.05) is 0 Å². The summed E-state index contributed by atoms with van der Waals surface area (Å²) in [6.07, 6.45) is 4.79. The van der Waals surface area contributed by atoms with Gasteiger partial charge >= 0.3 is 5.97 Å². The molecule has 4 nitrogen and oxygen atoms in total. The number of nitrogens with one attached hydrogen (secondary N) is 1. The molecule has 0 bridgehead atoms. The Labute approximate surface area is 77.6 Å². The molecular weight excluding hydrogens is 168 g/mol. The van der Waals surface area contributed by atoms with Crippen LogP contribution in [0.4, 0.5) is 0 Å². The molecule has 0 heterocycles. The minimum Gasteiger partial charge on any atom is -0.479 e. The lowest BCUT2D eigenvalue weighted by Crippen LogP contribution is -2.52. The summed E-state index contributed by atoms with van der Waals surface area (Å²) in [6, 6.07) is 0. The Morgan fingerprint density at radius 2 is 2.46 bits per heavy atom. The SMILES string of the molecule is CC1CCCC(NC#N)(C(=O)O)C1. The number of nitriles is 1. The molecule has 1 aliphatic carbocycles. The predicted octanol–water partition coefficient (Wildman–Crippen LogP) is 1.09. The van der Waals surface area contributed by atoms with Crippen LogP contribution in [-0.2, 0) is 4.79 Å². The molecule has 2 atom stereocenters. The minimum atomic E-state index is -0.994. The summed E-state index contributed by atoms with van der Waals surface area (Å²) in [4.78, 5) is 11.0. The second kappa shape index (κ2) is 3.65. The third-order valence-electron chi connectivity index (χ3n) is 2.70. The van der Waals surface area contributed by atoms with Gasteiger partial charge in [-0.25, -0.2) is 4.79 Å². The molecule has 13 heavy (non-hydrogen) atoms. The highest BCUT2D eigenvalue weighted by Crippen LogP contribution is 2.32. The maximum Gasteiger partial charge on any atom is 0.330 e. The fourth-order valence-electron chi connectivity index (χ4n) is 2.02. The highest BCUT2D eigenvalue weighted by Gasteiger charge is 2.41. The third-order valence-corrected chi connectivity index (χ3v) is 2.70. The Bertz CT molecular complexity index is 246. The number of rotatable bonds is 2. The van der Waals surface area contributed by atoms with Crippen LogP contribution in [-0.4, -0.2) is 16.6 Å². The van der Waals surface area contributed by atoms with Crippen LogP contribution in [0.5, 0.6) is 0 Å². The van der Waals surface area contributed by atoms with E-state index in [0.717, 1.165) is 12.8 Å². The number of carboxylic acids is 1. The zero-order chi connectivity index (χ0) is 9.90. The quantitative estimate of drug-likeness (QED) is 0.495. The van der Waals surface area contributed by atoms with E-state index in [4.69, 9.17) is 10.4 Å². The molecule has 1 saturated carbocycles. The van der Waals surface area contributed by atoms with E-state index >= 15 is 0 Å². The molecule has 0 aromatic heterocycles. The summed E-state index contributed by atoms with van der Waals surface area (Å²) in [6.45, 7) is 2.02. The van der Waals surface area contributed by atoms with Gasteiger partial charge in [-0.3, -0.25) is 0 Å². The van der Waals surface area contributed by atoms with E-state index in [2.05, 4.69) is 5.32 Å². The van der Waals surface area contributed by atoms with Gasteiger partial charge in [0.05, 0.1) is 0 Å². The highest BCUT2D eigenvalue weighted by atomic mass is 16.4. The number of nitrogens with zero attached hydrogens (tertiary/aromatic N) is 1. The first kappa shape index (κ1) is 9.85. The smallest absolute Gasteiger partial charge is 0.330 e. The van der Waals surface area contributed by atoms with Gasteiger partial charge in [-0.1, -0.05) is 19.8 Å². The van der Waals surface area contributed by atoms with Crippen molar-refractivity contribution in [2.24, 2.45) is 5.92 Å². The van der Waals surface area contributed by atoms with Crippen LogP contribution in [0.1, 0.15) is 32.6 Å². The van der Waals surface area contributed by atoms with Gasteiger partial charge in [0.15, 0.2) is 6.19 Å². The second-order valence-corrected chi connectivity index (χ2v) is 3.83. The maximum atomic E-state index is 11.0. The van der Waals surface area contributed by atoms with Crippen LogP contribution in [0.15, 0.2) is 0 Å². The van der Waals surface area contributed by atoms with Crippen molar-refractivity contribution in [2.45, 2.75) is 38.1 Å². The summed E-state index contributed by atoms with van der Waals surface area (Å²) in [5.74, 6) is -0.522. The molecule has 1 fully saturated rings. The monoisotopic (exact) mass is 182 g/mol. The van der Waals surface area contributed by atoms with E-state index in [0.29, 0.717) is 18.8 Å². The molecule has 0 saturated heterocycles. The summed E-state index contributed by atoms with van der Waals surface area (Å²) < 4.78 is 0. The first-order chi connectivity index (χ1) is 6.10. The molecule has 0 spiro atoms. The normalized spacial score (nSPS) is 33.4. The molecule has 0 amide bonds. The largest absolute Gasteiger partial charge is 0.479 e. The third kappa shape index (κ3) is 1.92. The van der Waals surface area contributed by atoms with Crippen molar-refractivity contribution in [1.29, 1.82) is 5.26 Å². The van der Waals surface area contributed by atoms with Gasteiger partial charge in [-0.15, -0.1) is 0 Å². The molecule has 0 aliphatic heterocycles. The van der Waals surface area contributed by atoms with Gasteiger partial charge in [0.25, 0.3) is 0 Å². The second-order valence-electron chi connectivity index (χ2n) is 3.83. The maximum absolute atomic E-state index is 11.0. The molecule has 72 valence electrons. The summed E-state index contributed by atoms with van der Waals surface area (Å²) in [5, 5.41) is 20.0. The molecule has 2 unspecified atom stereocenters. The highest BCUT2D eigenvalue weighted by molar-refractivity contribution is 5.79. The van der Waals surface area contributed by atoms with Gasteiger partial charge in [-0.2, -0.15) is 5.26 Å². The summed E-state index contributed by atoms with van der Waals surface area (Å²) in [5.41, 5.74) is -0.994. The van der Waals surface area contributed by atoms with Gasteiger partial charge in [0.2, 0.25) is 0 Å². The fourth-order valence-corrected chi connectivity index (χ4v) is 2.02. The van der Waals surface area contributed by atoms with E-state index in [-0.39, 0.29) is 0 Å². The Balaban J connectivity index is 2.78. The van der Waals surface area contributed by atoms with E-state index < -0.39 is 11.5 Å². The Morgan fingerprint density at radius 1 is 1.77 bits per heavy atom. The van der Waals surface area contributed by atoms with Crippen molar-refractivity contribution >= 4 is 5.97 Å². The first-order valence-corrected chi connectivity index (χ1v) is 4.50. The Morgan fingerprint density at radius 3 is 2.92 bits per heavy atom. The van der Waals surface area contributed by atoms with Crippen LogP contribution >= 0.6 is 0 Å². The van der Waals surface area contributed by atoms with Crippen LogP contribution < -0.4 is 5.32 Å². The van der Waals surface area contributed by atoms with Crippen molar-refractivity contribution in [3.8, 4) is 6.19 Å². The van der Waals surface area contributed by atoms with Crippen LogP contribution in [0, 0.1) is 17.4 Å². The van der Waals surface area contributed by atoms with Crippen molar-refractivity contribution < 1.29 is 9.90 Å². The number of hydrogen-bond acceptors (Lipinski definition) is 3. The van der Waals surface area contributed by atoms with Crippen molar-refractivity contribution in [3.05, 3.63) is 0 Å². The first-order valence-electron chi connectivity index (χ1n) is 4.50. The lowest BCUT2D eigenvalue weighted by Gasteiger charge is -2.35. The Hall–Kier alpha value is -1.24. The summed E-state index contributed by atoms with van der Waals surface area (Å²) >= 11 is 0. The van der Waals surface area contributed by atoms with E-state index in [1.54, 1.807) is 6.19 Å². The van der Waals surface area contributed by atoms with E-state index in [1.807, 2.05) is 6.92 Å². The van der Waals surface area contributed by atoms with Gasteiger partial charge < -0.3 is 10.4 Å². The van der Waals surface area contributed by atoms with Gasteiger partial charge in [-0.05, 0) is 18.8 Å². The van der Waals surface area contributed by atoms with Crippen molar-refractivity contribution in [3.63, 3.8) is 0 Å². The fraction of sp³-hybridized carbons (Fsp3) is 0.778. The Kier molecular flexibility index (Phi) is 2.76. The standard InChI is InChI=1S/C9H14N2O2/c1-7-3-2-4-9(5-7,8(12)13)11-6-10/h7,11H,2-5H2,1H3,(H,12,13). The molecule has 2 N–H and O–H groups in total. The molecular formula is C9H14N2O2. The zero-order valence-electron chi connectivity index (χ0n) is 7.71. The van der Waals surface area contributed by atoms with Crippen LogP contribution in [0.3, 0.4) is 0 Å². The average molecular weight is 182 g/mol. The van der Waals surface area contributed by atoms with Crippen molar-refractivity contribution in [1.82, 2.24) is 5.32 Å². The lowest BCUT2D eigenvalue weighted by atomic mass is 9.76. The number of carbonyl (C=O) groups is 1. The molecule has 1 rings (SSSR count). The van der Waals surface area contributed by atoms with E-state index in [9.17, 15) is 4.79 Å². The molecule has 1 aliphatic rings. The molecule has 0 radical (unpaired) electrons. The van der Waals surface area contributed by atoms with Gasteiger partial charge in [0.1, 0.15) is 5.54 Å². The summed E-state index contributed by atoms with van der Waals surface area (Å²) in [7, 11) is 0. The molecule has 0 aromatic carbocycles. The van der Waals surface area contributed by atoms with E-state index in [1.165, 1.54) is 0 Å². The molecule has 0 aromatic rings. The van der Waals surface area contributed by atoms with Crippen LogP contribution in [0.25, 0.3) is 0 Å². The van der Waals surface area contributed by atoms with Crippen LogP contribution in [0.2, 0.25) is 0 Å². The topological polar surface area (TPSA) is 73.1 Å². The number of aliphatic carboxylic acids is 1. The number of hydrogen-bond donors (Lipinski definition) is 2. The zero-order valence-corrected chi connectivity index (χ0v) is 7.71. The predicted molar refractivity (Wildman–Crippen MR) is 46.7 cm³/mol. The number of carboxylic acid groups (broad SMARTS) is 1. The minimum absolute atomic E-state index is 0.380. The lowest BCUT2D eigenvalue weighted by molar-refractivity contribution is -0.146. The van der Waals surface area contributed by atoms with Gasteiger partial charge in [0, 0.05) is 0 Å².